The van der Waals surface area contributed by atoms with Crippen LogP contribution in [-0.4, -0.2) is 31.1 Å². The van der Waals surface area contributed by atoms with Crippen molar-refractivity contribution in [2.45, 2.75) is 6.92 Å². The fourth-order valence-corrected chi connectivity index (χ4v) is 2.05. The molecule has 0 saturated heterocycles. The van der Waals surface area contributed by atoms with E-state index in [9.17, 15) is 4.79 Å². The van der Waals surface area contributed by atoms with Crippen molar-refractivity contribution in [1.29, 1.82) is 0 Å². The maximum atomic E-state index is 11.8. The molecule has 1 aromatic rings. The summed E-state index contributed by atoms with van der Waals surface area (Å²) in [5.41, 5.74) is 6.14. The molecule has 1 unspecified atom stereocenters. The van der Waals surface area contributed by atoms with Gasteiger partial charge in [-0.2, -0.15) is 11.8 Å². The lowest BCUT2D eigenvalue weighted by atomic mass is 10.2. The first kappa shape index (κ1) is 14.9. The van der Waals surface area contributed by atoms with Crippen LogP contribution in [0.5, 0.6) is 5.75 Å². The van der Waals surface area contributed by atoms with Crippen LogP contribution >= 0.6 is 11.8 Å². The number of ether oxygens (including phenoxy) is 1. The zero-order chi connectivity index (χ0) is 13.4. The third kappa shape index (κ3) is 4.98. The van der Waals surface area contributed by atoms with E-state index in [1.165, 1.54) is 0 Å². The number of carbonyl (C=O) groups excluding carboxylic acids is 1. The molecule has 5 heteroatoms. The van der Waals surface area contributed by atoms with E-state index in [-0.39, 0.29) is 11.8 Å². The van der Waals surface area contributed by atoms with Gasteiger partial charge < -0.3 is 15.8 Å². The average molecular weight is 268 g/mol. The molecular formula is C13H20N2O2S. The number of hydrogen-bond acceptors (Lipinski definition) is 4. The van der Waals surface area contributed by atoms with Crippen molar-refractivity contribution < 1.29 is 9.53 Å². The van der Waals surface area contributed by atoms with Crippen LogP contribution in [0.3, 0.4) is 0 Å². The van der Waals surface area contributed by atoms with Crippen LogP contribution in [-0.2, 0) is 4.79 Å². The van der Waals surface area contributed by atoms with Crippen LogP contribution in [0, 0.1) is 5.92 Å². The predicted molar refractivity (Wildman–Crippen MR) is 77.2 cm³/mol. The number of rotatable bonds is 7. The van der Waals surface area contributed by atoms with Gasteiger partial charge in [-0.1, -0.05) is 6.92 Å². The third-order valence-corrected chi connectivity index (χ3v) is 3.21. The number of benzene rings is 1. The van der Waals surface area contributed by atoms with E-state index in [1.807, 2.05) is 37.4 Å². The first-order chi connectivity index (χ1) is 8.67. The summed E-state index contributed by atoms with van der Waals surface area (Å²) in [5, 5.41) is 2.88. The fourth-order valence-electron chi connectivity index (χ4n) is 1.40. The minimum atomic E-state index is 0.00756. The SMILES string of the molecule is CSCC(C)C(=O)Nc1ccc(OCCN)cc1. The summed E-state index contributed by atoms with van der Waals surface area (Å²) in [6.07, 6.45) is 1.99. The first-order valence-electron chi connectivity index (χ1n) is 5.90. The quantitative estimate of drug-likeness (QED) is 0.793. The summed E-state index contributed by atoms with van der Waals surface area (Å²) >= 11 is 1.67. The molecule has 0 aliphatic carbocycles. The average Bonchev–Trinajstić information content (AvgIpc) is 2.38. The van der Waals surface area contributed by atoms with Gasteiger partial charge in [0.2, 0.25) is 5.91 Å². The zero-order valence-corrected chi connectivity index (χ0v) is 11.6. The predicted octanol–water partition coefficient (Wildman–Crippen LogP) is 1.96. The number of anilines is 1. The van der Waals surface area contributed by atoms with E-state index in [0.29, 0.717) is 13.2 Å². The van der Waals surface area contributed by atoms with Crippen LogP contribution in [0.4, 0.5) is 5.69 Å². The van der Waals surface area contributed by atoms with Crippen molar-refractivity contribution >= 4 is 23.4 Å². The van der Waals surface area contributed by atoms with Gasteiger partial charge in [0.05, 0.1) is 0 Å². The van der Waals surface area contributed by atoms with E-state index in [1.54, 1.807) is 11.8 Å². The van der Waals surface area contributed by atoms with Gasteiger partial charge in [0.1, 0.15) is 12.4 Å². The molecule has 0 aromatic heterocycles. The second kappa shape index (κ2) is 8.00. The highest BCUT2D eigenvalue weighted by molar-refractivity contribution is 7.98. The van der Waals surface area contributed by atoms with E-state index in [2.05, 4.69) is 5.32 Å². The lowest BCUT2D eigenvalue weighted by Crippen LogP contribution is -2.21. The van der Waals surface area contributed by atoms with Crippen LogP contribution in [0.25, 0.3) is 0 Å². The Morgan fingerprint density at radius 3 is 2.67 bits per heavy atom. The molecule has 0 bridgehead atoms. The molecule has 0 aliphatic heterocycles. The molecule has 0 radical (unpaired) electrons. The van der Waals surface area contributed by atoms with E-state index < -0.39 is 0 Å². The Hall–Kier alpha value is -1.20. The van der Waals surface area contributed by atoms with Gasteiger partial charge in [0, 0.05) is 23.9 Å². The molecule has 0 aliphatic rings. The maximum Gasteiger partial charge on any atom is 0.228 e. The molecule has 1 aromatic carbocycles. The molecule has 0 heterocycles. The molecule has 100 valence electrons. The molecule has 3 N–H and O–H groups in total. The molecular weight excluding hydrogens is 248 g/mol. The van der Waals surface area contributed by atoms with Crippen molar-refractivity contribution in [1.82, 2.24) is 0 Å². The lowest BCUT2D eigenvalue weighted by Gasteiger charge is -2.11. The van der Waals surface area contributed by atoms with Crippen molar-refractivity contribution in [3.8, 4) is 5.75 Å². The van der Waals surface area contributed by atoms with Crippen LogP contribution in [0.15, 0.2) is 24.3 Å². The highest BCUT2D eigenvalue weighted by atomic mass is 32.2. The summed E-state index contributed by atoms with van der Waals surface area (Å²) < 4.78 is 5.36. The van der Waals surface area contributed by atoms with Crippen molar-refractivity contribution in [2.75, 3.05) is 30.5 Å². The van der Waals surface area contributed by atoms with E-state index >= 15 is 0 Å². The fraction of sp³-hybridized carbons (Fsp3) is 0.462. The van der Waals surface area contributed by atoms with Crippen molar-refractivity contribution in [3.05, 3.63) is 24.3 Å². The normalized spacial score (nSPS) is 11.9. The minimum Gasteiger partial charge on any atom is -0.492 e. The lowest BCUT2D eigenvalue weighted by molar-refractivity contribution is -0.118. The summed E-state index contributed by atoms with van der Waals surface area (Å²) in [6, 6.07) is 7.31. The number of nitrogens with one attached hydrogen (secondary N) is 1. The smallest absolute Gasteiger partial charge is 0.228 e. The Bertz CT molecular complexity index is 368. The van der Waals surface area contributed by atoms with E-state index in [0.717, 1.165) is 17.2 Å². The summed E-state index contributed by atoms with van der Waals surface area (Å²) in [4.78, 5) is 11.8. The Kier molecular flexibility index (Phi) is 6.60. The summed E-state index contributed by atoms with van der Waals surface area (Å²) in [5.74, 6) is 1.63. The standard InChI is InChI=1S/C13H20N2O2S/c1-10(9-18-2)13(16)15-11-3-5-12(6-4-11)17-8-7-14/h3-6,10H,7-9,14H2,1-2H3,(H,15,16). The van der Waals surface area contributed by atoms with Crippen molar-refractivity contribution in [3.63, 3.8) is 0 Å². The van der Waals surface area contributed by atoms with Gasteiger partial charge in [-0.15, -0.1) is 0 Å². The maximum absolute atomic E-state index is 11.8. The molecule has 0 fully saturated rings. The number of hydrogen-bond donors (Lipinski definition) is 2. The largest absolute Gasteiger partial charge is 0.492 e. The monoisotopic (exact) mass is 268 g/mol. The number of carbonyl (C=O) groups is 1. The molecule has 0 saturated carbocycles. The Morgan fingerprint density at radius 1 is 1.44 bits per heavy atom. The summed E-state index contributed by atoms with van der Waals surface area (Å²) in [6.45, 7) is 2.91. The van der Waals surface area contributed by atoms with Gasteiger partial charge >= 0.3 is 0 Å². The zero-order valence-electron chi connectivity index (χ0n) is 10.8. The number of amides is 1. The number of nitrogens with two attached hydrogens (primary N) is 1. The first-order valence-corrected chi connectivity index (χ1v) is 7.29. The molecule has 18 heavy (non-hydrogen) atoms. The minimum absolute atomic E-state index is 0.00756. The van der Waals surface area contributed by atoms with Crippen LogP contribution in [0.2, 0.25) is 0 Å². The Morgan fingerprint density at radius 2 is 2.11 bits per heavy atom. The van der Waals surface area contributed by atoms with Gasteiger partial charge in [-0.3, -0.25) is 4.79 Å². The highest BCUT2D eigenvalue weighted by Crippen LogP contribution is 2.16. The van der Waals surface area contributed by atoms with Gasteiger partial charge in [-0.25, -0.2) is 0 Å². The molecule has 1 amide bonds. The molecule has 1 atom stereocenters. The van der Waals surface area contributed by atoms with Gasteiger partial charge in [0.25, 0.3) is 0 Å². The second-order valence-corrected chi connectivity index (χ2v) is 4.92. The molecule has 4 nitrogen and oxygen atoms in total. The van der Waals surface area contributed by atoms with Gasteiger partial charge in [0.15, 0.2) is 0 Å². The molecule has 0 spiro atoms. The Labute approximate surface area is 112 Å². The van der Waals surface area contributed by atoms with Crippen LogP contribution < -0.4 is 15.8 Å². The Balaban J connectivity index is 2.50. The highest BCUT2D eigenvalue weighted by Gasteiger charge is 2.11. The third-order valence-electron chi connectivity index (χ3n) is 2.37. The van der Waals surface area contributed by atoms with Crippen LogP contribution in [0.1, 0.15) is 6.92 Å². The van der Waals surface area contributed by atoms with Crippen molar-refractivity contribution in [2.24, 2.45) is 11.7 Å². The number of thioether (sulfide) groups is 1. The van der Waals surface area contributed by atoms with Gasteiger partial charge in [-0.05, 0) is 30.5 Å². The molecule has 1 rings (SSSR count). The second-order valence-electron chi connectivity index (χ2n) is 4.01. The summed E-state index contributed by atoms with van der Waals surface area (Å²) in [7, 11) is 0. The van der Waals surface area contributed by atoms with E-state index in [4.69, 9.17) is 10.5 Å². The topological polar surface area (TPSA) is 64.3 Å².